The van der Waals surface area contributed by atoms with Crippen molar-refractivity contribution in [2.75, 3.05) is 52.9 Å². The second-order valence-corrected chi connectivity index (χ2v) is 6.64. The van der Waals surface area contributed by atoms with Crippen molar-refractivity contribution < 1.29 is 57.1 Å². The van der Waals surface area contributed by atoms with E-state index >= 15 is 0 Å². The van der Waals surface area contributed by atoms with Crippen LogP contribution in [-0.4, -0.2) is 76.7 Å². The summed E-state index contributed by atoms with van der Waals surface area (Å²) in [6.07, 6.45) is 4.64. The monoisotopic (exact) mass is 534 g/mol. The highest BCUT2D eigenvalue weighted by Gasteiger charge is 2.29. The molecule has 1 aromatic carbocycles. The molecule has 0 unspecified atom stereocenters. The molecule has 0 fully saturated rings. The number of carbonyl (C=O) groups is 4. The maximum Gasteiger partial charge on any atom is 0.339 e. The minimum Gasteiger partial charge on any atom is -0.498 e. The van der Waals surface area contributed by atoms with E-state index in [1.165, 1.54) is 0 Å². The molecule has 1 aromatic rings. The van der Waals surface area contributed by atoms with E-state index in [1.807, 2.05) is 0 Å². The van der Waals surface area contributed by atoms with Gasteiger partial charge in [-0.15, -0.1) is 0 Å². The third kappa shape index (κ3) is 10.9. The number of carbonyl (C=O) groups excluding carboxylic acids is 4. The van der Waals surface area contributed by atoms with E-state index in [0.29, 0.717) is 0 Å². The molecule has 0 N–H and O–H groups in total. The summed E-state index contributed by atoms with van der Waals surface area (Å²) >= 11 is 0. The van der Waals surface area contributed by atoms with Crippen LogP contribution in [0.15, 0.2) is 63.5 Å². The SMILES string of the molecule is C=COCCOC(=O)c1cc(C(=O)OCCOC=C)c(C(=O)OCCOC=C)cc1C(=O)OCCOC=C. The summed E-state index contributed by atoms with van der Waals surface area (Å²) in [6, 6.07) is 1.97. The van der Waals surface area contributed by atoms with Crippen molar-refractivity contribution in [1.29, 1.82) is 0 Å². The fourth-order valence-corrected chi connectivity index (χ4v) is 2.65. The molecule has 0 saturated heterocycles. The molecule has 0 aliphatic rings. The van der Waals surface area contributed by atoms with Gasteiger partial charge >= 0.3 is 23.9 Å². The zero-order chi connectivity index (χ0) is 28.2. The van der Waals surface area contributed by atoms with E-state index < -0.39 is 23.9 Å². The van der Waals surface area contributed by atoms with Gasteiger partial charge in [-0.3, -0.25) is 0 Å². The first-order chi connectivity index (χ1) is 18.4. The summed E-state index contributed by atoms with van der Waals surface area (Å²) in [7, 11) is 0. The van der Waals surface area contributed by atoms with Crippen LogP contribution in [0.1, 0.15) is 41.4 Å². The van der Waals surface area contributed by atoms with E-state index in [-0.39, 0.29) is 75.1 Å². The van der Waals surface area contributed by atoms with Crippen LogP contribution in [0.25, 0.3) is 0 Å². The summed E-state index contributed by atoms with van der Waals surface area (Å²) in [5, 5.41) is 0. The van der Waals surface area contributed by atoms with E-state index in [1.54, 1.807) is 0 Å². The summed E-state index contributed by atoms with van der Waals surface area (Å²) in [5.74, 6) is -3.96. The van der Waals surface area contributed by atoms with Gasteiger partial charge in [0, 0.05) is 0 Å². The number of benzene rings is 1. The minimum absolute atomic E-state index is 0.0106. The maximum absolute atomic E-state index is 12.8. The van der Waals surface area contributed by atoms with Crippen LogP contribution in [0.4, 0.5) is 0 Å². The molecule has 0 heterocycles. The molecule has 0 spiro atoms. The molecule has 0 aromatic heterocycles. The van der Waals surface area contributed by atoms with Gasteiger partial charge in [-0.25, -0.2) is 19.2 Å². The Kier molecular flexibility index (Phi) is 15.2. The number of hydrogen-bond acceptors (Lipinski definition) is 12. The first-order valence-corrected chi connectivity index (χ1v) is 11.2. The predicted molar refractivity (Wildman–Crippen MR) is 132 cm³/mol. The van der Waals surface area contributed by atoms with Crippen LogP contribution in [0, 0.1) is 0 Å². The van der Waals surface area contributed by atoms with Gasteiger partial charge in [-0.05, 0) is 12.1 Å². The van der Waals surface area contributed by atoms with Gasteiger partial charge in [0.2, 0.25) is 0 Å². The molecule has 0 bridgehead atoms. The lowest BCUT2D eigenvalue weighted by Crippen LogP contribution is -2.22. The van der Waals surface area contributed by atoms with Gasteiger partial charge in [0.1, 0.15) is 52.9 Å². The Balaban J connectivity index is 3.43. The van der Waals surface area contributed by atoms with Crippen LogP contribution in [0.2, 0.25) is 0 Å². The molecule has 0 aliphatic carbocycles. The third-order valence-corrected chi connectivity index (χ3v) is 4.25. The molecule has 12 nitrogen and oxygen atoms in total. The molecular formula is C26H30O12. The zero-order valence-corrected chi connectivity index (χ0v) is 20.8. The molecule has 0 saturated carbocycles. The van der Waals surface area contributed by atoms with Crippen LogP contribution >= 0.6 is 0 Å². The average molecular weight is 535 g/mol. The molecule has 1 rings (SSSR count). The van der Waals surface area contributed by atoms with E-state index in [2.05, 4.69) is 26.3 Å². The molecule has 0 aliphatic heterocycles. The average Bonchev–Trinajstić information content (AvgIpc) is 2.92. The Bertz CT molecular complexity index is 844. The van der Waals surface area contributed by atoms with Crippen molar-refractivity contribution in [2.45, 2.75) is 0 Å². The van der Waals surface area contributed by atoms with E-state index in [0.717, 1.165) is 37.2 Å². The largest absolute Gasteiger partial charge is 0.498 e. The summed E-state index contributed by atoms with van der Waals surface area (Å²) in [6.45, 7) is 12.7. The summed E-state index contributed by atoms with van der Waals surface area (Å²) in [5.41, 5.74) is -1.45. The highest BCUT2D eigenvalue weighted by atomic mass is 16.6. The van der Waals surface area contributed by atoms with Crippen molar-refractivity contribution >= 4 is 23.9 Å². The fraction of sp³-hybridized carbons (Fsp3) is 0.308. The highest BCUT2D eigenvalue weighted by molar-refractivity contribution is 6.10. The van der Waals surface area contributed by atoms with Crippen molar-refractivity contribution in [3.05, 3.63) is 85.8 Å². The van der Waals surface area contributed by atoms with Crippen molar-refractivity contribution in [3.8, 4) is 0 Å². The summed E-state index contributed by atoms with van der Waals surface area (Å²) < 4.78 is 40.1. The smallest absolute Gasteiger partial charge is 0.339 e. The van der Waals surface area contributed by atoms with Crippen LogP contribution in [0.3, 0.4) is 0 Å². The molecule has 12 heteroatoms. The Hall–Kier alpha value is -4.74. The number of hydrogen-bond donors (Lipinski definition) is 0. The Morgan fingerprint density at radius 3 is 0.842 bits per heavy atom. The Morgan fingerprint density at radius 1 is 0.447 bits per heavy atom. The van der Waals surface area contributed by atoms with Crippen LogP contribution in [0.5, 0.6) is 0 Å². The predicted octanol–water partition coefficient (Wildman–Crippen LogP) is 2.95. The molecule has 38 heavy (non-hydrogen) atoms. The first kappa shape index (κ1) is 31.3. The lowest BCUT2D eigenvalue weighted by Gasteiger charge is -2.15. The quantitative estimate of drug-likeness (QED) is 0.105. The lowest BCUT2D eigenvalue weighted by atomic mass is 9.98. The standard InChI is InChI=1S/C26H30O12/c1-5-31-9-13-35-23(27)19-17-21(25(29)37-15-11-33-7-3)22(26(30)38-16-12-34-8-4)18-20(19)24(28)36-14-10-32-6-2/h5-8,17-18H,1-4,9-16H2. The van der Waals surface area contributed by atoms with Crippen molar-refractivity contribution in [1.82, 2.24) is 0 Å². The minimum atomic E-state index is -0.990. The van der Waals surface area contributed by atoms with Gasteiger partial charge in [-0.2, -0.15) is 0 Å². The molecular weight excluding hydrogens is 504 g/mol. The van der Waals surface area contributed by atoms with Gasteiger partial charge in [0.15, 0.2) is 0 Å². The third-order valence-electron chi connectivity index (χ3n) is 4.25. The molecule has 0 amide bonds. The van der Waals surface area contributed by atoms with Crippen molar-refractivity contribution in [3.63, 3.8) is 0 Å². The molecule has 0 radical (unpaired) electrons. The normalized spacial score (nSPS) is 9.68. The second-order valence-electron chi connectivity index (χ2n) is 6.64. The fourth-order valence-electron chi connectivity index (χ4n) is 2.65. The molecule has 0 atom stereocenters. The topological polar surface area (TPSA) is 142 Å². The lowest BCUT2D eigenvalue weighted by molar-refractivity contribution is 0.0361. The zero-order valence-electron chi connectivity index (χ0n) is 20.8. The number of ether oxygens (including phenoxy) is 8. The van der Waals surface area contributed by atoms with Crippen molar-refractivity contribution in [2.24, 2.45) is 0 Å². The van der Waals surface area contributed by atoms with Crippen LogP contribution < -0.4 is 0 Å². The highest BCUT2D eigenvalue weighted by Crippen LogP contribution is 2.22. The van der Waals surface area contributed by atoms with Gasteiger partial charge < -0.3 is 37.9 Å². The van der Waals surface area contributed by atoms with Gasteiger partial charge in [-0.1, -0.05) is 26.3 Å². The van der Waals surface area contributed by atoms with Gasteiger partial charge in [0.05, 0.1) is 47.3 Å². The van der Waals surface area contributed by atoms with E-state index in [4.69, 9.17) is 37.9 Å². The second kappa shape index (κ2) is 18.5. The Morgan fingerprint density at radius 2 is 0.658 bits per heavy atom. The summed E-state index contributed by atoms with van der Waals surface area (Å²) in [4.78, 5) is 51.3. The number of esters is 4. The Labute approximate surface area is 220 Å². The van der Waals surface area contributed by atoms with E-state index in [9.17, 15) is 19.2 Å². The molecule has 206 valence electrons. The maximum atomic E-state index is 12.8. The van der Waals surface area contributed by atoms with Gasteiger partial charge in [0.25, 0.3) is 0 Å². The van der Waals surface area contributed by atoms with Crippen LogP contribution in [-0.2, 0) is 37.9 Å². The first-order valence-electron chi connectivity index (χ1n) is 11.2. The number of rotatable bonds is 20.